The number of nitrogens with two attached hydrogens (primary N) is 1. The number of anilines is 2. The van der Waals surface area contributed by atoms with E-state index in [0.717, 1.165) is 59.0 Å². The van der Waals surface area contributed by atoms with E-state index in [-0.39, 0.29) is 98.4 Å². The van der Waals surface area contributed by atoms with Crippen molar-refractivity contribution >= 4 is 271 Å². The minimum absolute atomic E-state index is 0. The van der Waals surface area contributed by atoms with Crippen LogP contribution in [0.3, 0.4) is 0 Å². The normalized spacial score (nSPS) is 17.1. The average molecular weight is 2240 g/mol. The zero-order chi connectivity index (χ0) is 94.1. The molecule has 9 aromatic rings. The summed E-state index contributed by atoms with van der Waals surface area (Å²) in [6.45, 7) is 31.5. The van der Waals surface area contributed by atoms with E-state index in [1.54, 1.807) is 67.9 Å². The van der Waals surface area contributed by atoms with Crippen LogP contribution in [0.5, 0.6) is 0 Å². The average Bonchev–Trinajstić information content (AvgIpc) is 1.63. The molecule has 127 heavy (non-hydrogen) atoms. The van der Waals surface area contributed by atoms with Gasteiger partial charge in [-0.3, -0.25) is 47.7 Å². The lowest BCUT2D eigenvalue weighted by atomic mass is 10.1. The van der Waals surface area contributed by atoms with E-state index >= 15 is 0 Å². The van der Waals surface area contributed by atoms with Gasteiger partial charge in [0.15, 0.2) is 28.9 Å². The number of nitrogen functional groups attached to an aromatic ring is 1. The fourth-order valence-corrected chi connectivity index (χ4v) is 27.2. The third kappa shape index (κ3) is 36.2. The summed E-state index contributed by atoms with van der Waals surface area (Å²) < 4.78 is 17.5. The van der Waals surface area contributed by atoms with E-state index in [4.69, 9.17) is 20.3 Å². The molecule has 2 aromatic carbocycles. The number of amides is 4. The Hall–Kier alpha value is -7.09. The highest BCUT2D eigenvalue weighted by atomic mass is 79.9. The van der Waals surface area contributed by atoms with Crippen LogP contribution in [0.15, 0.2) is 163 Å². The number of carboxylic acid groups (broad SMARTS) is 1. The maximum Gasteiger partial charge on any atom is 0.410 e. The van der Waals surface area contributed by atoms with Crippen molar-refractivity contribution < 1.29 is 62.5 Å². The summed E-state index contributed by atoms with van der Waals surface area (Å²) in [6, 6.07) is 43.8. The number of aliphatic carboxylic acids is 1. The lowest BCUT2D eigenvalue weighted by molar-refractivity contribution is -0.138. The number of ether oxygens (including phenoxy) is 2. The number of rotatable bonds is 17. The number of aromatic nitrogens is 9. The number of benzene rings is 2. The highest BCUT2D eigenvalue weighted by Crippen LogP contribution is 2.34. The molecular weight excluding hydrogens is 2130 g/mol. The molecule has 11 heterocycles. The molecule has 4 amide bonds. The summed E-state index contributed by atoms with van der Waals surface area (Å²) in [4.78, 5) is 149. The Labute approximate surface area is 816 Å². The summed E-state index contributed by atoms with van der Waals surface area (Å²) in [5.41, 5.74) is 8.51. The van der Waals surface area contributed by atoms with Gasteiger partial charge in [0.2, 0.25) is 11.8 Å². The topological polar surface area (TPSA) is 369 Å². The molecule has 4 fully saturated rings. The van der Waals surface area contributed by atoms with E-state index in [1.165, 1.54) is 18.5 Å². The number of para-hydroxylation sites is 2. The van der Waals surface area contributed by atoms with Crippen LogP contribution in [0.2, 0.25) is 76.6 Å². The molecule has 5 N–H and O–H groups in total. The van der Waals surface area contributed by atoms with Gasteiger partial charge >= 0.3 is 18.2 Å². The van der Waals surface area contributed by atoms with Crippen LogP contribution < -0.4 is 16.4 Å². The number of Topliss-reactive ketones (excluding diaryl/α,β-unsaturated/α-hetero) is 5. The predicted octanol–water partition coefficient (Wildman–Crippen LogP) is 16.2. The molecule has 4 atom stereocenters. The maximum atomic E-state index is 13.3. The number of hydrogen-bond donors (Lipinski definition) is 4. The van der Waals surface area contributed by atoms with E-state index in [9.17, 15) is 47.9 Å². The van der Waals surface area contributed by atoms with Crippen molar-refractivity contribution in [3.63, 3.8) is 0 Å². The molecule has 13 rings (SSSR count). The quantitative estimate of drug-likeness (QED) is 0.0374. The third-order valence-corrected chi connectivity index (χ3v) is 32.3. The van der Waals surface area contributed by atoms with E-state index < -0.39 is 67.6 Å². The SMILES string of the molecule is CC(=O)c1nn(CC(=O)N2C[Si](C)(C)C[C@H]2C(=O)Nc2cccc(Br)n2)c2ccccc12.CC(=O)c1nn(CC(=O)O)c2ccccc12.CC(C)(C)OC(=O)N1C[Si](C)(C)C[C@H]1C(=O)Cc1cccc(Br)n1.CC(C)(C)OC(=O)N1C[Si](C)(C)C[C@H]1C(=O)Cc1cccc(Br)n1.C[Si]1(C)CN[C@H](C(=O)Cc2cccc(Br)n2)C1.Nc1cccc(Br)n1.S.S=S.S=S=S. The summed E-state index contributed by atoms with van der Waals surface area (Å²) >= 11 is 32.0. The van der Waals surface area contributed by atoms with Gasteiger partial charge in [0, 0.05) is 114 Å². The fourth-order valence-electron chi connectivity index (χ4n) is 14.2. The highest BCUT2D eigenvalue weighted by molar-refractivity contribution is 9.11. The molecule has 0 aliphatic carbocycles. The van der Waals surface area contributed by atoms with Gasteiger partial charge in [-0.1, -0.05) is 119 Å². The first-order chi connectivity index (χ1) is 58.8. The van der Waals surface area contributed by atoms with Crippen molar-refractivity contribution in [3.8, 4) is 0 Å². The minimum Gasteiger partial charge on any atom is -0.480 e. The number of ketones is 5. The van der Waals surface area contributed by atoms with Gasteiger partial charge in [0.25, 0.3) is 0 Å². The largest absolute Gasteiger partial charge is 0.480 e. The summed E-state index contributed by atoms with van der Waals surface area (Å²) in [5, 5.41) is 24.8. The Morgan fingerprint density at radius 1 is 0.488 bits per heavy atom. The van der Waals surface area contributed by atoms with Gasteiger partial charge in [0.05, 0.1) is 80.7 Å². The number of hydrogen-bond acceptors (Lipinski definition) is 25. The highest BCUT2D eigenvalue weighted by Gasteiger charge is 2.49. The van der Waals surface area contributed by atoms with Crippen LogP contribution in [-0.2, 0) is 124 Å². The fraction of sp³-hybridized carbons (Fsp3) is 0.417. The molecule has 43 heteroatoms. The van der Waals surface area contributed by atoms with Crippen LogP contribution in [0.25, 0.3) is 21.8 Å². The molecule has 0 saturated carbocycles. The zero-order valence-corrected chi connectivity index (χ0v) is 90.5. The smallest absolute Gasteiger partial charge is 0.410 e. The van der Waals surface area contributed by atoms with Crippen molar-refractivity contribution in [2.24, 2.45) is 0 Å². The first kappa shape index (κ1) is 110. The Balaban J connectivity index is 0.000000276. The number of carbonyl (C=O) groups excluding carboxylic acids is 9. The van der Waals surface area contributed by atoms with Crippen molar-refractivity contribution in [3.05, 3.63) is 191 Å². The van der Waals surface area contributed by atoms with Gasteiger partial charge in [-0.15, -0.1) is 0 Å². The molecule has 7 aromatic heterocycles. The lowest BCUT2D eigenvalue weighted by Crippen LogP contribution is -2.45. The molecule has 0 unspecified atom stereocenters. The minimum atomic E-state index is -1.77. The van der Waals surface area contributed by atoms with Crippen LogP contribution in [-0.4, -0.2) is 216 Å². The number of fused-ring (bicyclic) bond motifs is 2. The second-order valence-electron chi connectivity index (χ2n) is 35.3. The molecule has 684 valence electrons. The molecule has 0 bridgehead atoms. The number of halogens is 5. The molecule has 28 nitrogen and oxygen atoms in total. The van der Waals surface area contributed by atoms with Crippen molar-refractivity contribution in [1.82, 2.24) is 64.5 Å². The monoisotopic (exact) mass is 2230 g/mol. The number of carboxylic acids is 1. The van der Waals surface area contributed by atoms with Gasteiger partial charge in [-0.05, 0) is 224 Å². The Morgan fingerprint density at radius 3 is 1.19 bits per heavy atom. The molecule has 0 spiro atoms. The summed E-state index contributed by atoms with van der Waals surface area (Å²) in [5.74, 6) is -0.412. The second kappa shape index (κ2) is 50.0. The van der Waals surface area contributed by atoms with Gasteiger partial charge in [-0.2, -0.15) is 23.7 Å². The lowest BCUT2D eigenvalue weighted by Gasteiger charge is -2.28. The van der Waals surface area contributed by atoms with E-state index in [0.29, 0.717) is 90.1 Å². The molecular formula is C84H108Br5N15O13S6Si4. The second-order valence-corrected chi connectivity index (χ2v) is 61.4. The Bertz CT molecular complexity index is 5330. The number of carbonyl (C=O) groups is 10. The molecule has 4 saturated heterocycles. The van der Waals surface area contributed by atoms with E-state index in [2.05, 4.69) is 223 Å². The summed E-state index contributed by atoms with van der Waals surface area (Å²) in [7, 11) is -5.25. The Kier molecular flexibility index (Phi) is 43.4. The summed E-state index contributed by atoms with van der Waals surface area (Å²) in [6.07, 6.45) is 3.07. The Morgan fingerprint density at radius 2 is 0.843 bits per heavy atom. The third-order valence-electron chi connectivity index (χ3n) is 19.4. The van der Waals surface area contributed by atoms with Crippen molar-refractivity contribution in [2.45, 2.75) is 200 Å². The predicted molar refractivity (Wildman–Crippen MR) is 543 cm³/mol. The first-order valence-corrected chi connectivity index (χ1v) is 61.5. The molecule has 4 aliphatic rings. The standard InChI is InChI=1S/C22H24BrN5O3Si.2C17H25BrN2O3Si.C12H17BrN2OSi.C11H10N2O3.C5H5BrN2.S3.S2.H2S/c1-14(29)21-15-7-4-5-8-16(15)28(26-21)11-20(30)27-13-32(2,3)12-17(27)22(31)25-19-10-6-9-18(23)24-19;2*1-17(2,3)23-16(22)20-11-24(4,5)10-13(20)14(21)9-12-7-6-8-15(18)19-12;1-17(2)7-10(14-8-17)11(16)6-9-4-3-5-12(13)15-9;1-7(14)11-8-4-2-3-5-9(8)13(12-11)6-10(15)16;6-4-2-1-3-5(7)8-4;1-3-2;1-2;/h4-10,17H,11-13H2,1-3H3,(H,24,25,31);2*6-8,13H,9-11H2,1-5H3;3-5,10,14H,6-8H2,1-2H3;2-5H,6H2,1H3,(H,15,16);1-3H,(H2,7,8);;;1H2/t17-;2*13-;10-;;;;;/m0000...../s1. The van der Waals surface area contributed by atoms with Gasteiger partial charge in [-0.25, -0.2) is 34.5 Å². The first-order valence-electron chi connectivity index (χ1n) is 39.8. The van der Waals surface area contributed by atoms with Crippen LogP contribution >= 0.6 is 93.1 Å². The van der Waals surface area contributed by atoms with Crippen molar-refractivity contribution in [2.75, 3.05) is 35.7 Å². The van der Waals surface area contributed by atoms with E-state index in [1.807, 2.05) is 133 Å². The van der Waals surface area contributed by atoms with Crippen molar-refractivity contribution in [1.29, 1.82) is 0 Å². The number of nitrogens with zero attached hydrogens (tertiary/aromatic N) is 12. The van der Waals surface area contributed by atoms with Gasteiger partial charge < -0.3 is 45.6 Å². The molecule has 4 aliphatic heterocycles. The van der Waals surface area contributed by atoms with Crippen LogP contribution in [0.1, 0.15) is 93.4 Å². The molecule has 0 radical (unpaired) electrons. The number of nitrogens with one attached hydrogen (secondary N) is 2. The zero-order valence-electron chi connectivity index (χ0n) is 73.5. The van der Waals surface area contributed by atoms with Gasteiger partial charge in [0.1, 0.15) is 76.4 Å². The van der Waals surface area contributed by atoms with Crippen LogP contribution in [0.4, 0.5) is 21.2 Å². The maximum absolute atomic E-state index is 13.3. The van der Waals surface area contributed by atoms with Crippen LogP contribution in [0, 0.1) is 0 Å². The number of pyridine rings is 5.